The highest BCUT2D eigenvalue weighted by Gasteiger charge is 2.41. The van der Waals surface area contributed by atoms with Crippen LogP contribution in [0, 0.1) is 0 Å². The average molecular weight is 403 g/mol. The molecule has 1 unspecified atom stereocenters. The van der Waals surface area contributed by atoms with Crippen molar-refractivity contribution in [2.24, 2.45) is 4.99 Å². The Labute approximate surface area is 148 Å². The smallest absolute Gasteiger partial charge is 0.452 e. The number of aliphatic imine (C=N–C) groups is 1. The second-order valence-corrected chi connectivity index (χ2v) is 6.16. The van der Waals surface area contributed by atoms with Crippen LogP contribution in [0.3, 0.4) is 0 Å². The van der Waals surface area contributed by atoms with Gasteiger partial charge in [-0.1, -0.05) is 29.8 Å². The molecule has 1 N–H and O–H groups in total. The van der Waals surface area contributed by atoms with Crippen LogP contribution in [0.1, 0.15) is 31.4 Å². The van der Waals surface area contributed by atoms with Crippen LogP contribution < -0.4 is 10.1 Å². The zero-order valence-corrected chi connectivity index (χ0v) is 15.4. The third-order valence-corrected chi connectivity index (χ3v) is 4.74. The molecule has 24 heavy (non-hydrogen) atoms. The molecule has 1 aromatic carbocycles. The van der Waals surface area contributed by atoms with Gasteiger partial charge in [0.15, 0.2) is 0 Å². The number of hydrogen-bond acceptors (Lipinski definition) is 5. The molecule has 1 amide bonds. The lowest BCUT2D eigenvalue weighted by atomic mass is 9.78. The summed E-state index contributed by atoms with van der Waals surface area (Å²) in [6.45, 7) is 4.32. The van der Waals surface area contributed by atoms with Crippen LogP contribution in [0.15, 0.2) is 21.6 Å². The highest BCUT2D eigenvalue weighted by atomic mass is 79.9. The van der Waals surface area contributed by atoms with Gasteiger partial charge in [-0.2, -0.15) is 0 Å². The second-order valence-electron chi connectivity index (χ2n) is 5.30. The summed E-state index contributed by atoms with van der Waals surface area (Å²) in [4.78, 5) is 18.4. The third-order valence-electron chi connectivity index (χ3n) is 3.99. The highest BCUT2D eigenvalue weighted by molar-refractivity contribution is 9.10. The lowest BCUT2D eigenvalue weighted by molar-refractivity contribution is -0.0605. The van der Waals surface area contributed by atoms with Crippen molar-refractivity contribution in [3.05, 3.63) is 27.7 Å². The number of benzene rings is 1. The van der Waals surface area contributed by atoms with Gasteiger partial charge in [0.25, 0.3) is 6.02 Å². The summed E-state index contributed by atoms with van der Waals surface area (Å²) in [5.74, 6) is 0.803. The van der Waals surface area contributed by atoms with Gasteiger partial charge in [-0.25, -0.2) is 20.0 Å². The van der Waals surface area contributed by atoms with E-state index in [0.29, 0.717) is 13.0 Å². The molecule has 8 heteroatoms. The van der Waals surface area contributed by atoms with E-state index in [1.807, 2.05) is 26.0 Å². The first kappa shape index (κ1) is 18.5. The first-order valence-corrected chi connectivity index (χ1v) is 8.53. The highest BCUT2D eigenvalue weighted by Crippen LogP contribution is 2.41. The molecule has 1 aliphatic heterocycles. The van der Waals surface area contributed by atoms with Crippen LogP contribution in [0.25, 0.3) is 0 Å². The maximum atomic E-state index is 11.8. The Hall–Kier alpha value is -1.83. The molecule has 2 aliphatic rings. The Bertz CT molecular complexity index is 653. The van der Waals surface area contributed by atoms with Crippen molar-refractivity contribution >= 4 is 28.0 Å². The molecular formula is C16H20BrFN2O4. The van der Waals surface area contributed by atoms with Gasteiger partial charge in [0.05, 0.1) is 7.11 Å². The number of rotatable bonds is 1. The van der Waals surface area contributed by atoms with E-state index in [-0.39, 0.29) is 6.02 Å². The summed E-state index contributed by atoms with van der Waals surface area (Å²) in [7, 11) is 1.63. The van der Waals surface area contributed by atoms with Crippen LogP contribution in [-0.2, 0) is 22.5 Å². The molecule has 6 nitrogen and oxygen atoms in total. The van der Waals surface area contributed by atoms with E-state index in [0.717, 1.165) is 28.6 Å². The first-order chi connectivity index (χ1) is 11.6. The fourth-order valence-electron chi connectivity index (χ4n) is 2.95. The quantitative estimate of drug-likeness (QED) is 0.777. The lowest BCUT2D eigenvalue weighted by Crippen LogP contribution is -2.36. The molecule has 1 aromatic rings. The maximum absolute atomic E-state index is 11.8. The lowest BCUT2D eigenvalue weighted by Gasteiger charge is -2.31. The number of fused-ring (bicyclic) bond motifs is 1. The molecule has 1 atom stereocenters. The molecule has 3 rings (SSSR count). The van der Waals surface area contributed by atoms with Crippen molar-refractivity contribution in [1.82, 2.24) is 5.32 Å². The van der Waals surface area contributed by atoms with Gasteiger partial charge >= 0.3 is 6.09 Å². The number of hydrogen-bond donors (Lipinski definition) is 1. The number of nitrogens with zero attached hydrogens (tertiary/aromatic N) is 1. The molecular weight excluding hydrogens is 383 g/mol. The van der Waals surface area contributed by atoms with Gasteiger partial charge in [0.1, 0.15) is 17.9 Å². The SMILES string of the molecule is CC.COc1ccc(Br)c2c1CC1(CC2)COC(NC(=O)OF)=N1. The first-order valence-electron chi connectivity index (χ1n) is 7.73. The van der Waals surface area contributed by atoms with E-state index < -0.39 is 11.6 Å². The van der Waals surface area contributed by atoms with E-state index in [2.05, 4.69) is 31.2 Å². The van der Waals surface area contributed by atoms with Crippen molar-refractivity contribution in [3.8, 4) is 5.75 Å². The molecule has 132 valence electrons. The van der Waals surface area contributed by atoms with Crippen LogP contribution in [-0.4, -0.2) is 31.4 Å². The maximum Gasteiger partial charge on any atom is 0.452 e. The van der Waals surface area contributed by atoms with Crippen molar-refractivity contribution in [2.45, 2.75) is 38.6 Å². The molecule has 1 spiro atoms. The number of halogens is 2. The van der Waals surface area contributed by atoms with E-state index in [4.69, 9.17) is 9.47 Å². The van der Waals surface area contributed by atoms with E-state index in [1.165, 1.54) is 5.56 Å². The third kappa shape index (κ3) is 3.63. The van der Waals surface area contributed by atoms with Crippen molar-refractivity contribution < 1.29 is 23.7 Å². The predicted molar refractivity (Wildman–Crippen MR) is 90.9 cm³/mol. The second kappa shape index (κ2) is 7.83. The van der Waals surface area contributed by atoms with Crippen molar-refractivity contribution in [1.29, 1.82) is 0 Å². The Morgan fingerprint density at radius 2 is 2.17 bits per heavy atom. The van der Waals surface area contributed by atoms with Gasteiger partial charge in [0.2, 0.25) is 0 Å². The summed E-state index contributed by atoms with van der Waals surface area (Å²) in [6, 6.07) is 3.86. The topological polar surface area (TPSA) is 69.2 Å². The summed E-state index contributed by atoms with van der Waals surface area (Å²) in [6.07, 6.45) is 0.954. The number of amidine groups is 1. The van der Waals surface area contributed by atoms with E-state index in [1.54, 1.807) is 7.11 Å². The van der Waals surface area contributed by atoms with Gasteiger partial charge in [-0.3, -0.25) is 0 Å². The monoisotopic (exact) mass is 402 g/mol. The standard InChI is InChI=1S/C14H14BrFN2O4.C2H6/c1-20-11-3-2-10(15)8-4-5-14(6-9(8)11)7-21-12(18-14)17-13(19)22-16;1-2/h2-3H,4-7H2,1H3,(H,17,18,19);1-2H3. The number of carbonyl (C=O) groups excluding carboxylic acids is 1. The van der Waals surface area contributed by atoms with E-state index in [9.17, 15) is 9.32 Å². The molecule has 0 saturated carbocycles. The molecule has 0 fully saturated rings. The minimum atomic E-state index is -1.24. The zero-order chi connectivity index (χ0) is 17.7. The molecule has 0 radical (unpaired) electrons. The molecule has 0 bridgehead atoms. The van der Waals surface area contributed by atoms with Crippen LogP contribution in [0.4, 0.5) is 9.32 Å². The van der Waals surface area contributed by atoms with Gasteiger partial charge in [0, 0.05) is 21.0 Å². The average Bonchev–Trinajstić information content (AvgIpc) is 2.98. The summed E-state index contributed by atoms with van der Waals surface area (Å²) in [5.41, 5.74) is 1.80. The van der Waals surface area contributed by atoms with Gasteiger partial charge in [-0.05, 0) is 30.5 Å². The fraction of sp³-hybridized carbons (Fsp3) is 0.500. The molecule has 1 heterocycles. The number of nitrogens with one attached hydrogen (secondary N) is 1. The number of methoxy groups -OCH3 is 1. The summed E-state index contributed by atoms with van der Waals surface area (Å²) < 4.78 is 23.6. The van der Waals surface area contributed by atoms with Crippen LogP contribution >= 0.6 is 15.9 Å². The number of carbonyl (C=O) groups is 1. The normalized spacial score (nSPS) is 21.0. The molecule has 0 aromatic heterocycles. The summed E-state index contributed by atoms with van der Waals surface area (Å²) >= 11 is 3.56. The summed E-state index contributed by atoms with van der Waals surface area (Å²) in [5, 5.41) is 2.12. The largest absolute Gasteiger partial charge is 0.496 e. The minimum absolute atomic E-state index is 0.0138. The molecule has 1 aliphatic carbocycles. The van der Waals surface area contributed by atoms with Crippen LogP contribution in [0.2, 0.25) is 0 Å². The predicted octanol–water partition coefficient (Wildman–Crippen LogP) is 3.71. The molecule has 0 saturated heterocycles. The number of amides is 1. The Balaban J connectivity index is 0.00000100. The van der Waals surface area contributed by atoms with Gasteiger partial charge in [-0.15, -0.1) is 0 Å². The van der Waals surface area contributed by atoms with Crippen molar-refractivity contribution in [3.63, 3.8) is 0 Å². The number of ether oxygens (including phenoxy) is 2. The Kier molecular flexibility index (Phi) is 6.04. The van der Waals surface area contributed by atoms with E-state index >= 15 is 0 Å². The Morgan fingerprint density at radius 3 is 2.83 bits per heavy atom. The van der Waals surface area contributed by atoms with Crippen LogP contribution in [0.5, 0.6) is 5.75 Å². The zero-order valence-electron chi connectivity index (χ0n) is 13.8. The van der Waals surface area contributed by atoms with Gasteiger partial charge < -0.3 is 9.47 Å². The fourth-order valence-corrected chi connectivity index (χ4v) is 3.52. The Morgan fingerprint density at radius 1 is 1.42 bits per heavy atom. The minimum Gasteiger partial charge on any atom is -0.496 e. The van der Waals surface area contributed by atoms with Crippen molar-refractivity contribution in [2.75, 3.05) is 13.7 Å².